The summed E-state index contributed by atoms with van der Waals surface area (Å²) in [7, 11) is 0. The number of hydrogen-bond acceptors (Lipinski definition) is 2. The van der Waals surface area contributed by atoms with E-state index in [-0.39, 0.29) is 11.9 Å². The maximum absolute atomic E-state index is 12.7. The SMILES string of the molecule is CC[C@@H](Oc1ccc(C)cc1C)C(=O)N[C@H](CC)c1ccc(C)cc1. The second-order valence-electron chi connectivity index (χ2n) is 6.66. The molecule has 0 radical (unpaired) electrons. The van der Waals surface area contributed by atoms with E-state index < -0.39 is 6.10 Å². The van der Waals surface area contributed by atoms with E-state index in [0.717, 1.165) is 23.3 Å². The Morgan fingerprint density at radius 2 is 1.60 bits per heavy atom. The van der Waals surface area contributed by atoms with Gasteiger partial charge in [-0.15, -0.1) is 0 Å². The van der Waals surface area contributed by atoms with Crippen molar-refractivity contribution < 1.29 is 9.53 Å². The first-order valence-corrected chi connectivity index (χ1v) is 9.05. The van der Waals surface area contributed by atoms with E-state index in [2.05, 4.69) is 49.5 Å². The molecule has 0 fully saturated rings. The van der Waals surface area contributed by atoms with Crippen LogP contribution in [0.4, 0.5) is 0 Å². The molecule has 1 N–H and O–H groups in total. The maximum atomic E-state index is 12.7. The Hall–Kier alpha value is -2.29. The van der Waals surface area contributed by atoms with Gasteiger partial charge in [-0.2, -0.15) is 0 Å². The molecule has 134 valence electrons. The summed E-state index contributed by atoms with van der Waals surface area (Å²) in [5.41, 5.74) is 4.59. The highest BCUT2D eigenvalue weighted by Crippen LogP contribution is 2.22. The highest BCUT2D eigenvalue weighted by atomic mass is 16.5. The minimum Gasteiger partial charge on any atom is -0.480 e. The third-order valence-electron chi connectivity index (χ3n) is 4.47. The molecule has 1 amide bonds. The molecular formula is C22H29NO2. The Morgan fingerprint density at radius 3 is 2.16 bits per heavy atom. The van der Waals surface area contributed by atoms with Gasteiger partial charge in [-0.3, -0.25) is 4.79 Å². The van der Waals surface area contributed by atoms with Crippen molar-refractivity contribution in [2.24, 2.45) is 0 Å². The fraction of sp³-hybridized carbons (Fsp3) is 0.409. The molecular weight excluding hydrogens is 310 g/mol. The van der Waals surface area contributed by atoms with Gasteiger partial charge in [-0.25, -0.2) is 0 Å². The van der Waals surface area contributed by atoms with Crippen LogP contribution in [0.5, 0.6) is 5.75 Å². The molecule has 2 aromatic carbocycles. The van der Waals surface area contributed by atoms with Gasteiger partial charge in [0.2, 0.25) is 0 Å². The van der Waals surface area contributed by atoms with Crippen LogP contribution in [0.15, 0.2) is 42.5 Å². The Bertz CT molecular complexity index is 706. The molecule has 2 atom stereocenters. The van der Waals surface area contributed by atoms with E-state index in [1.54, 1.807) is 0 Å². The van der Waals surface area contributed by atoms with Crippen LogP contribution < -0.4 is 10.1 Å². The zero-order valence-corrected chi connectivity index (χ0v) is 15.9. The van der Waals surface area contributed by atoms with Gasteiger partial charge in [-0.1, -0.05) is 61.4 Å². The van der Waals surface area contributed by atoms with Gasteiger partial charge in [-0.05, 0) is 50.8 Å². The van der Waals surface area contributed by atoms with E-state index in [9.17, 15) is 4.79 Å². The standard InChI is InChI=1S/C22H29NO2/c1-6-19(18-11-8-15(3)9-12-18)23-22(24)20(7-2)25-21-13-10-16(4)14-17(21)5/h8-14,19-20H,6-7H2,1-5H3,(H,23,24)/t19-,20-/m1/s1. The number of rotatable bonds is 7. The molecule has 0 unspecified atom stereocenters. The Morgan fingerprint density at radius 1 is 0.960 bits per heavy atom. The number of amides is 1. The van der Waals surface area contributed by atoms with Gasteiger partial charge >= 0.3 is 0 Å². The second kappa shape index (κ2) is 8.70. The molecule has 3 heteroatoms. The smallest absolute Gasteiger partial charge is 0.261 e. The summed E-state index contributed by atoms with van der Waals surface area (Å²) < 4.78 is 6.00. The summed E-state index contributed by atoms with van der Waals surface area (Å²) in [6.07, 6.45) is 0.985. The van der Waals surface area contributed by atoms with Crippen LogP contribution in [-0.2, 0) is 4.79 Å². The third-order valence-corrected chi connectivity index (χ3v) is 4.47. The van der Waals surface area contributed by atoms with Gasteiger partial charge in [0.1, 0.15) is 5.75 Å². The maximum Gasteiger partial charge on any atom is 0.261 e. The minimum atomic E-state index is -0.485. The molecule has 2 rings (SSSR count). The summed E-state index contributed by atoms with van der Waals surface area (Å²) >= 11 is 0. The monoisotopic (exact) mass is 339 g/mol. The fourth-order valence-corrected chi connectivity index (χ4v) is 2.89. The molecule has 0 aliphatic carbocycles. The lowest BCUT2D eigenvalue weighted by molar-refractivity contribution is -0.129. The van der Waals surface area contributed by atoms with Crippen molar-refractivity contribution in [3.05, 3.63) is 64.7 Å². The molecule has 0 saturated carbocycles. The van der Waals surface area contributed by atoms with Crippen LogP contribution in [0.3, 0.4) is 0 Å². The summed E-state index contributed by atoms with van der Waals surface area (Å²) in [4.78, 5) is 12.7. The number of ether oxygens (including phenoxy) is 1. The number of benzene rings is 2. The van der Waals surface area contributed by atoms with Gasteiger partial charge in [0.15, 0.2) is 6.10 Å². The molecule has 0 spiro atoms. The molecule has 0 aliphatic heterocycles. The summed E-state index contributed by atoms with van der Waals surface area (Å²) in [5.74, 6) is 0.714. The molecule has 0 bridgehead atoms. The lowest BCUT2D eigenvalue weighted by atomic mass is 10.0. The van der Waals surface area contributed by atoms with Crippen LogP contribution in [0.2, 0.25) is 0 Å². The van der Waals surface area contributed by atoms with Crippen molar-refractivity contribution in [2.45, 2.75) is 59.6 Å². The minimum absolute atomic E-state index is 0.00450. The van der Waals surface area contributed by atoms with Gasteiger partial charge in [0, 0.05) is 0 Å². The predicted molar refractivity (Wildman–Crippen MR) is 103 cm³/mol. The molecule has 0 heterocycles. The zero-order chi connectivity index (χ0) is 18.4. The largest absolute Gasteiger partial charge is 0.480 e. The third kappa shape index (κ3) is 5.09. The number of nitrogens with one attached hydrogen (secondary N) is 1. The molecule has 0 saturated heterocycles. The number of aryl methyl sites for hydroxylation is 3. The fourth-order valence-electron chi connectivity index (χ4n) is 2.89. The Labute approximate surface area is 151 Å². The van der Waals surface area contributed by atoms with Crippen molar-refractivity contribution in [2.75, 3.05) is 0 Å². The van der Waals surface area contributed by atoms with E-state index in [0.29, 0.717) is 6.42 Å². The first-order chi connectivity index (χ1) is 11.9. The van der Waals surface area contributed by atoms with Gasteiger partial charge < -0.3 is 10.1 Å². The summed E-state index contributed by atoms with van der Waals surface area (Å²) in [6.45, 7) is 10.2. The van der Waals surface area contributed by atoms with Crippen LogP contribution in [0.25, 0.3) is 0 Å². The highest BCUT2D eigenvalue weighted by molar-refractivity contribution is 5.81. The Kier molecular flexibility index (Phi) is 6.63. The molecule has 25 heavy (non-hydrogen) atoms. The summed E-state index contributed by atoms with van der Waals surface area (Å²) in [5, 5.41) is 3.14. The van der Waals surface area contributed by atoms with Crippen LogP contribution >= 0.6 is 0 Å². The molecule has 0 aromatic heterocycles. The molecule has 2 aromatic rings. The first-order valence-electron chi connectivity index (χ1n) is 9.05. The molecule has 3 nitrogen and oxygen atoms in total. The average molecular weight is 339 g/mol. The van der Waals surface area contributed by atoms with Crippen molar-refractivity contribution >= 4 is 5.91 Å². The Balaban J connectivity index is 2.08. The molecule has 0 aliphatic rings. The van der Waals surface area contributed by atoms with Crippen molar-refractivity contribution in [3.63, 3.8) is 0 Å². The normalized spacial score (nSPS) is 13.2. The summed E-state index contributed by atoms with van der Waals surface area (Å²) in [6, 6.07) is 14.3. The predicted octanol–water partition coefficient (Wildman–Crippen LogP) is 5.04. The van der Waals surface area contributed by atoms with Crippen LogP contribution in [-0.4, -0.2) is 12.0 Å². The van der Waals surface area contributed by atoms with Crippen molar-refractivity contribution in [1.82, 2.24) is 5.32 Å². The number of carbonyl (C=O) groups is 1. The van der Waals surface area contributed by atoms with Gasteiger partial charge in [0.25, 0.3) is 5.91 Å². The average Bonchev–Trinajstić information content (AvgIpc) is 2.59. The van der Waals surface area contributed by atoms with E-state index in [1.165, 1.54) is 11.1 Å². The zero-order valence-electron chi connectivity index (χ0n) is 15.9. The first kappa shape index (κ1) is 19.0. The van der Waals surface area contributed by atoms with Crippen molar-refractivity contribution in [3.8, 4) is 5.75 Å². The van der Waals surface area contributed by atoms with Gasteiger partial charge in [0.05, 0.1) is 6.04 Å². The lowest BCUT2D eigenvalue weighted by Crippen LogP contribution is -2.40. The number of carbonyl (C=O) groups excluding carboxylic acids is 1. The van der Waals surface area contributed by atoms with E-state index in [1.807, 2.05) is 32.9 Å². The van der Waals surface area contributed by atoms with Crippen LogP contribution in [0, 0.1) is 20.8 Å². The van der Waals surface area contributed by atoms with Crippen LogP contribution in [0.1, 0.15) is 55.0 Å². The van der Waals surface area contributed by atoms with Crippen molar-refractivity contribution in [1.29, 1.82) is 0 Å². The van der Waals surface area contributed by atoms with E-state index >= 15 is 0 Å². The lowest BCUT2D eigenvalue weighted by Gasteiger charge is -2.23. The highest BCUT2D eigenvalue weighted by Gasteiger charge is 2.22. The second-order valence-corrected chi connectivity index (χ2v) is 6.66. The topological polar surface area (TPSA) is 38.3 Å². The quantitative estimate of drug-likeness (QED) is 0.768. The van der Waals surface area contributed by atoms with E-state index in [4.69, 9.17) is 4.74 Å². The number of hydrogen-bond donors (Lipinski definition) is 1.